The number of pyridine rings is 1. The molecule has 1 aliphatic rings. The maximum atomic E-state index is 4.85. The van der Waals surface area contributed by atoms with E-state index < -0.39 is 0 Å². The minimum Gasteiger partial charge on any atom is -0.383 e. The van der Waals surface area contributed by atoms with Gasteiger partial charge in [-0.2, -0.15) is 0 Å². The number of nitrogens with zero attached hydrogens (tertiary/aromatic N) is 2. The van der Waals surface area contributed by atoms with Crippen LogP contribution in [0.15, 0.2) is 18.2 Å². The van der Waals surface area contributed by atoms with Gasteiger partial charge in [-0.1, -0.05) is 11.6 Å². The zero-order chi connectivity index (χ0) is 14.1. The van der Waals surface area contributed by atoms with Crippen molar-refractivity contribution < 1.29 is 0 Å². The Morgan fingerprint density at radius 1 is 1.25 bits per heavy atom. The number of hydrogen-bond acceptors (Lipinski definition) is 3. The number of aryl methyl sites for hydroxylation is 2. The molecule has 0 atom stereocenters. The normalized spacial score (nSPS) is 14.0. The molecule has 1 heterocycles. The van der Waals surface area contributed by atoms with Crippen molar-refractivity contribution in [2.24, 2.45) is 0 Å². The van der Waals surface area contributed by atoms with Crippen LogP contribution in [-0.2, 0) is 12.8 Å². The topological polar surface area (TPSA) is 28.2 Å². The fraction of sp³-hybridized carbons (Fsp3) is 0.471. The first kappa shape index (κ1) is 13.4. The Hall–Kier alpha value is -1.61. The van der Waals surface area contributed by atoms with Crippen molar-refractivity contribution in [2.75, 3.05) is 32.5 Å². The molecule has 1 aliphatic carbocycles. The van der Waals surface area contributed by atoms with Crippen molar-refractivity contribution in [1.82, 2.24) is 9.88 Å². The van der Waals surface area contributed by atoms with Crippen LogP contribution in [0, 0.1) is 6.92 Å². The average Bonchev–Trinajstić information content (AvgIpc) is 2.86. The number of nitrogens with one attached hydrogen (secondary N) is 1. The molecule has 3 nitrogen and oxygen atoms in total. The summed E-state index contributed by atoms with van der Waals surface area (Å²) in [5, 5.41) is 4.95. The van der Waals surface area contributed by atoms with Crippen molar-refractivity contribution in [3.05, 3.63) is 35.0 Å². The summed E-state index contributed by atoms with van der Waals surface area (Å²) in [7, 11) is 4.22. The fourth-order valence-corrected chi connectivity index (χ4v) is 2.98. The highest BCUT2D eigenvalue weighted by atomic mass is 15.1. The van der Waals surface area contributed by atoms with Crippen molar-refractivity contribution in [3.8, 4) is 0 Å². The minimum atomic E-state index is 0.979. The Morgan fingerprint density at radius 3 is 2.90 bits per heavy atom. The molecule has 0 unspecified atom stereocenters. The van der Waals surface area contributed by atoms with Gasteiger partial charge in [-0.25, -0.2) is 0 Å². The molecule has 0 radical (unpaired) electrons. The number of rotatable bonds is 4. The minimum absolute atomic E-state index is 0.979. The third kappa shape index (κ3) is 2.50. The zero-order valence-electron chi connectivity index (χ0n) is 12.7. The average molecular weight is 269 g/mol. The predicted octanol–water partition coefficient (Wildman–Crippen LogP) is 3.01. The van der Waals surface area contributed by atoms with Crippen molar-refractivity contribution >= 4 is 16.6 Å². The van der Waals surface area contributed by atoms with E-state index in [4.69, 9.17) is 4.98 Å². The number of benzene rings is 1. The lowest BCUT2D eigenvalue weighted by Crippen LogP contribution is -2.21. The number of hydrogen-bond donors (Lipinski definition) is 1. The third-order valence-corrected chi connectivity index (χ3v) is 4.03. The van der Waals surface area contributed by atoms with Crippen molar-refractivity contribution in [2.45, 2.75) is 26.2 Å². The first-order chi connectivity index (χ1) is 9.65. The summed E-state index contributed by atoms with van der Waals surface area (Å²) in [6.45, 7) is 4.17. The SMILES string of the molecule is Cc1ccc2nc3c(c(NCCN(C)C)c2c1)CCC3. The van der Waals surface area contributed by atoms with E-state index in [2.05, 4.69) is 49.4 Å². The van der Waals surface area contributed by atoms with Crippen LogP contribution in [0.1, 0.15) is 23.2 Å². The Labute approximate surface area is 121 Å². The molecule has 0 amide bonds. The molecule has 0 aliphatic heterocycles. The Morgan fingerprint density at radius 2 is 2.10 bits per heavy atom. The van der Waals surface area contributed by atoms with E-state index in [0.29, 0.717) is 0 Å². The molecule has 0 saturated heterocycles. The molecule has 106 valence electrons. The van der Waals surface area contributed by atoms with Crippen molar-refractivity contribution in [1.29, 1.82) is 0 Å². The van der Waals surface area contributed by atoms with Crippen molar-refractivity contribution in [3.63, 3.8) is 0 Å². The standard InChI is InChI=1S/C17H23N3/c1-12-7-8-16-14(11-12)17(18-9-10-20(2)3)13-5-4-6-15(13)19-16/h7-8,11H,4-6,9-10H2,1-3H3,(H,18,19). The molecule has 20 heavy (non-hydrogen) atoms. The second kappa shape index (κ2) is 5.41. The van der Waals surface area contributed by atoms with Gasteiger partial charge in [0, 0.05) is 29.9 Å². The van der Waals surface area contributed by atoms with Crippen LogP contribution in [-0.4, -0.2) is 37.1 Å². The third-order valence-electron chi connectivity index (χ3n) is 4.03. The van der Waals surface area contributed by atoms with Gasteiger partial charge in [-0.05, 0) is 58.0 Å². The van der Waals surface area contributed by atoms with Crippen LogP contribution in [0.25, 0.3) is 10.9 Å². The zero-order valence-corrected chi connectivity index (χ0v) is 12.7. The van der Waals surface area contributed by atoms with Gasteiger partial charge in [-0.3, -0.25) is 4.98 Å². The van der Waals surface area contributed by atoms with E-state index in [0.717, 1.165) is 31.4 Å². The van der Waals surface area contributed by atoms with Gasteiger partial charge in [0.2, 0.25) is 0 Å². The second-order valence-electron chi connectivity index (χ2n) is 6.02. The second-order valence-corrected chi connectivity index (χ2v) is 6.02. The Balaban J connectivity index is 2.04. The van der Waals surface area contributed by atoms with Gasteiger partial charge < -0.3 is 10.2 Å². The highest BCUT2D eigenvalue weighted by Crippen LogP contribution is 2.34. The Kier molecular flexibility index (Phi) is 3.62. The molecular formula is C17H23N3. The number of fused-ring (bicyclic) bond motifs is 2. The highest BCUT2D eigenvalue weighted by Gasteiger charge is 2.19. The van der Waals surface area contributed by atoms with E-state index in [-0.39, 0.29) is 0 Å². The number of aromatic nitrogens is 1. The van der Waals surface area contributed by atoms with E-state index in [9.17, 15) is 0 Å². The molecule has 0 saturated carbocycles. The summed E-state index contributed by atoms with van der Waals surface area (Å²) in [4.78, 5) is 7.06. The maximum Gasteiger partial charge on any atom is 0.0726 e. The van der Waals surface area contributed by atoms with Crippen LogP contribution < -0.4 is 5.32 Å². The van der Waals surface area contributed by atoms with Crippen LogP contribution in [0.4, 0.5) is 5.69 Å². The summed E-state index contributed by atoms with van der Waals surface area (Å²) in [5.41, 5.74) is 6.50. The smallest absolute Gasteiger partial charge is 0.0726 e. The lowest BCUT2D eigenvalue weighted by atomic mass is 10.0. The van der Waals surface area contributed by atoms with E-state index in [1.807, 2.05) is 0 Å². The first-order valence-electron chi connectivity index (χ1n) is 7.46. The fourth-order valence-electron chi connectivity index (χ4n) is 2.98. The van der Waals surface area contributed by atoms with Crippen LogP contribution in [0.3, 0.4) is 0 Å². The molecule has 3 rings (SSSR count). The predicted molar refractivity (Wildman–Crippen MR) is 85.5 cm³/mol. The summed E-state index contributed by atoms with van der Waals surface area (Å²) >= 11 is 0. The monoisotopic (exact) mass is 269 g/mol. The van der Waals surface area contributed by atoms with Gasteiger partial charge in [0.15, 0.2) is 0 Å². The van der Waals surface area contributed by atoms with Crippen LogP contribution in [0.5, 0.6) is 0 Å². The molecule has 0 bridgehead atoms. The quantitative estimate of drug-likeness (QED) is 0.925. The van der Waals surface area contributed by atoms with Gasteiger partial charge in [0.25, 0.3) is 0 Å². The summed E-state index contributed by atoms with van der Waals surface area (Å²) in [6, 6.07) is 6.57. The van der Waals surface area contributed by atoms with E-state index in [1.165, 1.54) is 34.3 Å². The Bertz CT molecular complexity index is 632. The molecule has 0 spiro atoms. The number of anilines is 1. The molecular weight excluding hydrogens is 246 g/mol. The highest BCUT2D eigenvalue weighted by molar-refractivity contribution is 5.94. The number of likely N-dealkylation sites (N-methyl/N-ethyl adjacent to an activating group) is 1. The molecule has 1 aromatic heterocycles. The van der Waals surface area contributed by atoms with Crippen LogP contribution in [0.2, 0.25) is 0 Å². The lowest BCUT2D eigenvalue weighted by Gasteiger charge is -2.17. The molecule has 3 heteroatoms. The first-order valence-corrected chi connectivity index (χ1v) is 7.46. The van der Waals surface area contributed by atoms with Gasteiger partial charge in [0.1, 0.15) is 0 Å². The summed E-state index contributed by atoms with van der Waals surface area (Å²) in [6.07, 6.45) is 3.53. The van der Waals surface area contributed by atoms with E-state index in [1.54, 1.807) is 0 Å². The maximum absolute atomic E-state index is 4.85. The molecule has 0 fully saturated rings. The molecule has 2 aromatic rings. The summed E-state index contributed by atoms with van der Waals surface area (Å²) < 4.78 is 0. The molecule has 1 aromatic carbocycles. The van der Waals surface area contributed by atoms with Gasteiger partial charge >= 0.3 is 0 Å². The molecule has 1 N–H and O–H groups in total. The summed E-state index contributed by atoms with van der Waals surface area (Å²) in [5.74, 6) is 0. The lowest BCUT2D eigenvalue weighted by molar-refractivity contribution is 0.425. The largest absolute Gasteiger partial charge is 0.383 e. The van der Waals surface area contributed by atoms with Gasteiger partial charge in [0.05, 0.1) is 5.52 Å². The van der Waals surface area contributed by atoms with Crippen LogP contribution >= 0.6 is 0 Å². The van der Waals surface area contributed by atoms with Gasteiger partial charge in [-0.15, -0.1) is 0 Å². The van der Waals surface area contributed by atoms with E-state index >= 15 is 0 Å².